The highest BCUT2D eigenvalue weighted by Gasteiger charge is 2.15. The van der Waals surface area contributed by atoms with Crippen molar-refractivity contribution in [2.45, 2.75) is 6.61 Å². The molecule has 3 aromatic carbocycles. The topological polar surface area (TPSA) is 50.8 Å². The number of benzene rings is 3. The Kier molecular flexibility index (Phi) is 6.67. The molecule has 0 aromatic heterocycles. The van der Waals surface area contributed by atoms with Crippen molar-refractivity contribution in [3.05, 3.63) is 88.4 Å². The normalized spacial score (nSPS) is 13.7. The fourth-order valence-electron chi connectivity index (χ4n) is 3.32. The predicted molar refractivity (Wildman–Crippen MR) is 122 cm³/mol. The van der Waals surface area contributed by atoms with Crippen molar-refractivity contribution in [2.24, 2.45) is 0 Å². The molecule has 1 saturated heterocycles. The van der Waals surface area contributed by atoms with Gasteiger partial charge in [-0.2, -0.15) is 0 Å². The third kappa shape index (κ3) is 5.20. The summed E-state index contributed by atoms with van der Waals surface area (Å²) in [5.41, 5.74) is 3.47. The van der Waals surface area contributed by atoms with Gasteiger partial charge in [0.1, 0.15) is 12.4 Å². The molecule has 1 aliphatic rings. The molecule has 0 aliphatic carbocycles. The lowest BCUT2D eigenvalue weighted by molar-refractivity contribution is 0.102. The van der Waals surface area contributed by atoms with E-state index in [0.29, 0.717) is 17.9 Å². The number of anilines is 2. The van der Waals surface area contributed by atoms with Crippen LogP contribution in [-0.2, 0) is 11.3 Å². The van der Waals surface area contributed by atoms with Crippen molar-refractivity contribution in [3.8, 4) is 5.75 Å². The van der Waals surface area contributed by atoms with Crippen LogP contribution in [0.2, 0.25) is 0 Å². The number of nitrogens with zero attached hydrogens (tertiary/aromatic N) is 1. The quantitative estimate of drug-likeness (QED) is 0.547. The number of hydrogen-bond acceptors (Lipinski definition) is 4. The number of nitrogens with one attached hydrogen (secondary N) is 1. The number of ether oxygens (including phenoxy) is 2. The maximum atomic E-state index is 12.7. The summed E-state index contributed by atoms with van der Waals surface area (Å²) < 4.78 is 12.2. The summed E-state index contributed by atoms with van der Waals surface area (Å²) in [5, 5.41) is 2.96. The van der Waals surface area contributed by atoms with Gasteiger partial charge in [0.25, 0.3) is 5.91 Å². The maximum absolute atomic E-state index is 12.7. The molecule has 1 fully saturated rings. The minimum absolute atomic E-state index is 0.175. The first-order chi connectivity index (χ1) is 14.7. The zero-order valence-corrected chi connectivity index (χ0v) is 18.1. The summed E-state index contributed by atoms with van der Waals surface area (Å²) in [4.78, 5) is 15.0. The zero-order valence-electron chi connectivity index (χ0n) is 16.5. The molecule has 0 unspecified atom stereocenters. The van der Waals surface area contributed by atoms with Crippen LogP contribution in [-0.4, -0.2) is 32.2 Å². The number of carbonyl (C=O) groups is 1. The van der Waals surface area contributed by atoms with E-state index in [0.717, 1.165) is 47.7 Å². The van der Waals surface area contributed by atoms with Gasteiger partial charge in [-0.15, -0.1) is 0 Å². The van der Waals surface area contributed by atoms with E-state index in [1.54, 1.807) is 12.1 Å². The number of morpholine rings is 1. The molecule has 0 saturated carbocycles. The molecule has 3 aromatic rings. The Balaban J connectivity index is 1.40. The molecule has 0 bridgehead atoms. The lowest BCUT2D eigenvalue weighted by Crippen LogP contribution is -2.36. The van der Waals surface area contributed by atoms with E-state index < -0.39 is 0 Å². The molecule has 1 aliphatic heterocycles. The number of carbonyl (C=O) groups excluding carboxylic acids is 1. The van der Waals surface area contributed by atoms with Gasteiger partial charge in [-0.1, -0.05) is 36.4 Å². The molecule has 5 nitrogen and oxygen atoms in total. The zero-order chi connectivity index (χ0) is 20.8. The Morgan fingerprint density at radius 3 is 2.57 bits per heavy atom. The fraction of sp³-hybridized carbons (Fsp3) is 0.208. The van der Waals surface area contributed by atoms with Gasteiger partial charge in [0.15, 0.2) is 0 Å². The molecular weight excluding hydrogens is 444 g/mol. The third-order valence-corrected chi connectivity index (χ3v) is 5.54. The van der Waals surface area contributed by atoms with Gasteiger partial charge < -0.3 is 19.7 Å². The predicted octanol–water partition coefficient (Wildman–Crippen LogP) is 5.12. The van der Waals surface area contributed by atoms with Gasteiger partial charge in [0.05, 0.1) is 18.9 Å². The summed E-state index contributed by atoms with van der Waals surface area (Å²) in [7, 11) is 0. The Labute approximate surface area is 184 Å². The summed E-state index contributed by atoms with van der Waals surface area (Å²) in [6, 6.07) is 23.0. The Morgan fingerprint density at radius 2 is 1.80 bits per heavy atom. The molecule has 0 radical (unpaired) electrons. The van der Waals surface area contributed by atoms with Crippen LogP contribution in [0.1, 0.15) is 15.9 Å². The summed E-state index contributed by atoms with van der Waals surface area (Å²) in [6.45, 7) is 3.64. The fourth-order valence-corrected chi connectivity index (χ4v) is 3.95. The molecule has 0 atom stereocenters. The van der Waals surface area contributed by atoms with Crippen LogP contribution in [0.25, 0.3) is 0 Å². The first kappa shape index (κ1) is 20.4. The molecule has 6 heteroatoms. The molecule has 30 heavy (non-hydrogen) atoms. The van der Waals surface area contributed by atoms with Crippen LogP contribution in [0.15, 0.2) is 77.3 Å². The van der Waals surface area contributed by atoms with Gasteiger partial charge in [-0.3, -0.25) is 4.79 Å². The van der Waals surface area contributed by atoms with Crippen LogP contribution in [0.3, 0.4) is 0 Å². The van der Waals surface area contributed by atoms with Crippen LogP contribution < -0.4 is 15.0 Å². The third-order valence-electron chi connectivity index (χ3n) is 4.90. The number of hydrogen-bond donors (Lipinski definition) is 1. The van der Waals surface area contributed by atoms with Crippen molar-refractivity contribution in [3.63, 3.8) is 0 Å². The van der Waals surface area contributed by atoms with Crippen molar-refractivity contribution in [1.29, 1.82) is 0 Å². The number of halogens is 1. The first-order valence-electron chi connectivity index (χ1n) is 9.89. The molecular formula is C24H23BrN2O3. The molecule has 1 amide bonds. The van der Waals surface area contributed by atoms with Gasteiger partial charge in [0, 0.05) is 28.8 Å². The minimum atomic E-state index is -0.175. The Bertz CT molecular complexity index is 1000. The highest BCUT2D eigenvalue weighted by Crippen LogP contribution is 2.30. The standard InChI is InChI=1S/C24H23BrN2O3/c25-22-16-20(9-10-23(22)27-11-13-29-14-12-27)26-24(28)19-7-4-8-21(15-19)30-17-18-5-2-1-3-6-18/h1-10,15-16H,11-14,17H2,(H,26,28). The smallest absolute Gasteiger partial charge is 0.255 e. The van der Waals surface area contributed by atoms with Crippen LogP contribution in [0.4, 0.5) is 11.4 Å². The van der Waals surface area contributed by atoms with Crippen molar-refractivity contribution >= 4 is 33.2 Å². The molecule has 1 heterocycles. The van der Waals surface area contributed by atoms with E-state index in [-0.39, 0.29) is 5.91 Å². The van der Waals surface area contributed by atoms with Crippen molar-refractivity contribution < 1.29 is 14.3 Å². The van der Waals surface area contributed by atoms with Gasteiger partial charge in [-0.25, -0.2) is 0 Å². The van der Waals surface area contributed by atoms with E-state index in [4.69, 9.17) is 9.47 Å². The lowest BCUT2D eigenvalue weighted by atomic mass is 10.2. The van der Waals surface area contributed by atoms with Gasteiger partial charge >= 0.3 is 0 Å². The van der Waals surface area contributed by atoms with E-state index in [9.17, 15) is 4.79 Å². The van der Waals surface area contributed by atoms with Crippen LogP contribution in [0, 0.1) is 0 Å². The summed E-state index contributed by atoms with van der Waals surface area (Å²) >= 11 is 3.63. The first-order valence-corrected chi connectivity index (χ1v) is 10.7. The largest absolute Gasteiger partial charge is 0.489 e. The van der Waals surface area contributed by atoms with E-state index in [2.05, 4.69) is 26.1 Å². The summed E-state index contributed by atoms with van der Waals surface area (Å²) in [6.07, 6.45) is 0. The van der Waals surface area contributed by atoms with E-state index in [1.165, 1.54) is 0 Å². The molecule has 0 spiro atoms. The average Bonchev–Trinajstić information content (AvgIpc) is 2.79. The van der Waals surface area contributed by atoms with Gasteiger partial charge in [-0.05, 0) is 57.9 Å². The highest BCUT2D eigenvalue weighted by atomic mass is 79.9. The lowest BCUT2D eigenvalue weighted by Gasteiger charge is -2.29. The average molecular weight is 467 g/mol. The molecule has 4 rings (SSSR count). The second-order valence-corrected chi connectivity index (χ2v) is 7.88. The second-order valence-electron chi connectivity index (χ2n) is 7.02. The van der Waals surface area contributed by atoms with Crippen LogP contribution >= 0.6 is 15.9 Å². The van der Waals surface area contributed by atoms with Gasteiger partial charge in [0.2, 0.25) is 0 Å². The second kappa shape index (κ2) is 9.78. The summed E-state index contributed by atoms with van der Waals surface area (Å²) in [5.74, 6) is 0.488. The molecule has 154 valence electrons. The minimum Gasteiger partial charge on any atom is -0.489 e. The maximum Gasteiger partial charge on any atom is 0.255 e. The van der Waals surface area contributed by atoms with Crippen LogP contribution in [0.5, 0.6) is 5.75 Å². The van der Waals surface area contributed by atoms with Crippen molar-refractivity contribution in [2.75, 3.05) is 36.5 Å². The Morgan fingerprint density at radius 1 is 1.00 bits per heavy atom. The monoisotopic (exact) mass is 466 g/mol. The molecule has 1 N–H and O–H groups in total. The van der Waals surface area contributed by atoms with Crippen molar-refractivity contribution in [1.82, 2.24) is 0 Å². The Hall–Kier alpha value is -2.83. The van der Waals surface area contributed by atoms with E-state index in [1.807, 2.05) is 60.7 Å². The number of amides is 1. The van der Waals surface area contributed by atoms with E-state index >= 15 is 0 Å². The SMILES string of the molecule is O=C(Nc1ccc(N2CCOCC2)c(Br)c1)c1cccc(OCc2ccccc2)c1. The number of rotatable bonds is 6. The highest BCUT2D eigenvalue weighted by molar-refractivity contribution is 9.10.